The lowest BCUT2D eigenvalue weighted by Gasteiger charge is -2.40. The summed E-state index contributed by atoms with van der Waals surface area (Å²) in [6, 6.07) is -0.815. The molecule has 0 radical (unpaired) electrons. The lowest BCUT2D eigenvalue weighted by Crippen LogP contribution is -2.60. The molecule has 1 saturated heterocycles. The van der Waals surface area contributed by atoms with Crippen LogP contribution in [0.5, 0.6) is 0 Å². The molecule has 7 atom stereocenters. The minimum absolute atomic E-state index is 0.187. The third-order valence-electron chi connectivity index (χ3n) is 12.3. The van der Waals surface area contributed by atoms with Crippen molar-refractivity contribution in [2.45, 2.75) is 281 Å². The van der Waals surface area contributed by atoms with Crippen molar-refractivity contribution < 1.29 is 39.8 Å². The van der Waals surface area contributed by atoms with Crippen LogP contribution in [-0.4, -0.2) is 87.5 Å². The van der Waals surface area contributed by atoms with E-state index in [1.165, 1.54) is 173 Å². The molecular formula is C51H97NO8. The van der Waals surface area contributed by atoms with Gasteiger partial charge in [-0.15, -0.1) is 0 Å². The zero-order valence-electron chi connectivity index (χ0n) is 39.0. The maximum atomic E-state index is 12.9. The Bertz CT molecular complexity index is 992. The highest BCUT2D eigenvalue weighted by atomic mass is 16.7. The quantitative estimate of drug-likeness (QED) is 0.0262. The van der Waals surface area contributed by atoms with Crippen LogP contribution in [0.4, 0.5) is 0 Å². The Kier molecular flexibility index (Phi) is 39.4. The first-order valence-corrected chi connectivity index (χ1v) is 25.6. The summed E-state index contributed by atoms with van der Waals surface area (Å²) in [7, 11) is 0. The Hall–Kier alpha value is -1.33. The van der Waals surface area contributed by atoms with Crippen LogP contribution >= 0.6 is 0 Å². The summed E-state index contributed by atoms with van der Waals surface area (Å²) in [4.78, 5) is 12.9. The number of unbranched alkanes of at least 4 members (excludes halogenated alkanes) is 31. The van der Waals surface area contributed by atoms with Gasteiger partial charge in [0.15, 0.2) is 6.29 Å². The van der Waals surface area contributed by atoms with Gasteiger partial charge in [0.25, 0.3) is 0 Å². The Labute approximate surface area is 369 Å². The minimum atomic E-state index is -1.57. The maximum absolute atomic E-state index is 12.9. The van der Waals surface area contributed by atoms with Gasteiger partial charge >= 0.3 is 0 Å². The number of hydrogen-bond donors (Lipinski definition) is 6. The van der Waals surface area contributed by atoms with Crippen molar-refractivity contribution >= 4 is 5.91 Å². The van der Waals surface area contributed by atoms with Gasteiger partial charge < -0.3 is 40.3 Å². The molecule has 9 nitrogen and oxygen atoms in total. The van der Waals surface area contributed by atoms with E-state index in [4.69, 9.17) is 9.47 Å². The summed E-state index contributed by atoms with van der Waals surface area (Å²) in [5.74, 6) is -0.187. The standard InChI is InChI=1S/C51H97NO8/c1-3-5-7-9-11-12-13-14-15-16-17-18-19-20-21-22-23-24-25-26-27-28-29-30-31-32-33-35-37-39-41-47(55)52-44(45(54)40-38-36-34-10-8-6-4-2)43-59-51-50(58)49(57)48(56)46(42-53)60-51/h8,10,38,40,44-46,48-51,53-54,56-58H,3-7,9,11-37,39,41-43H2,1-2H3,(H,52,55)/b10-8+,40-38+. The molecule has 9 heteroatoms. The largest absolute Gasteiger partial charge is 0.394 e. The normalized spacial score (nSPS) is 20.7. The first kappa shape index (κ1) is 56.7. The van der Waals surface area contributed by atoms with Gasteiger partial charge in [0.05, 0.1) is 25.4 Å². The van der Waals surface area contributed by atoms with Crippen molar-refractivity contribution in [3.05, 3.63) is 24.3 Å². The smallest absolute Gasteiger partial charge is 0.220 e. The van der Waals surface area contributed by atoms with E-state index in [2.05, 4.69) is 31.3 Å². The van der Waals surface area contributed by atoms with Crippen molar-refractivity contribution in [1.82, 2.24) is 5.32 Å². The highest BCUT2D eigenvalue weighted by Gasteiger charge is 2.44. The van der Waals surface area contributed by atoms with Gasteiger partial charge in [0.2, 0.25) is 5.91 Å². The minimum Gasteiger partial charge on any atom is -0.394 e. The molecule has 0 spiro atoms. The van der Waals surface area contributed by atoms with E-state index >= 15 is 0 Å². The number of nitrogens with one attached hydrogen (secondary N) is 1. The van der Waals surface area contributed by atoms with Gasteiger partial charge in [-0.25, -0.2) is 0 Å². The summed E-state index contributed by atoms with van der Waals surface area (Å²) < 4.78 is 11.1. The second-order valence-electron chi connectivity index (χ2n) is 18.0. The Morgan fingerprint density at radius 3 is 1.37 bits per heavy atom. The third kappa shape index (κ3) is 31.5. The average Bonchev–Trinajstić information content (AvgIpc) is 3.25. The summed E-state index contributed by atoms with van der Waals surface area (Å²) in [5.41, 5.74) is 0. The SMILES string of the molecule is CCC/C=C/CC/C=C/C(O)C(COC1OC(CO)C(O)C(O)C1O)NC(=O)CCCCCCCCCCCCCCCCCCCCCCCCCCCCCCCC. The summed E-state index contributed by atoms with van der Waals surface area (Å²) in [5, 5.41) is 53.9. The van der Waals surface area contributed by atoms with Crippen molar-refractivity contribution in [3.8, 4) is 0 Å². The highest BCUT2D eigenvalue weighted by Crippen LogP contribution is 2.23. The van der Waals surface area contributed by atoms with Crippen LogP contribution in [-0.2, 0) is 14.3 Å². The Morgan fingerprint density at radius 2 is 0.950 bits per heavy atom. The number of rotatable bonds is 43. The van der Waals surface area contributed by atoms with E-state index < -0.39 is 49.5 Å². The molecule has 0 bridgehead atoms. The van der Waals surface area contributed by atoms with E-state index in [1.54, 1.807) is 6.08 Å². The van der Waals surface area contributed by atoms with Gasteiger partial charge in [-0.2, -0.15) is 0 Å². The van der Waals surface area contributed by atoms with Crippen molar-refractivity contribution in [2.24, 2.45) is 0 Å². The number of allylic oxidation sites excluding steroid dienone is 3. The molecule has 0 saturated carbocycles. The van der Waals surface area contributed by atoms with Gasteiger partial charge in [-0.05, 0) is 25.7 Å². The molecular weight excluding hydrogens is 755 g/mol. The molecule has 0 aromatic heterocycles. The third-order valence-corrected chi connectivity index (χ3v) is 12.3. The predicted molar refractivity (Wildman–Crippen MR) is 249 cm³/mol. The van der Waals surface area contributed by atoms with Crippen LogP contribution < -0.4 is 5.32 Å². The molecule has 0 aromatic rings. The highest BCUT2D eigenvalue weighted by molar-refractivity contribution is 5.76. The zero-order valence-corrected chi connectivity index (χ0v) is 39.0. The first-order valence-electron chi connectivity index (χ1n) is 25.6. The molecule has 6 N–H and O–H groups in total. The predicted octanol–water partition coefficient (Wildman–Crippen LogP) is 11.5. The van der Waals surface area contributed by atoms with E-state index in [1.807, 2.05) is 6.08 Å². The number of aliphatic hydroxyl groups is 5. The number of carbonyl (C=O) groups is 1. The van der Waals surface area contributed by atoms with Crippen LogP contribution in [0.2, 0.25) is 0 Å². The average molecular weight is 852 g/mol. The maximum Gasteiger partial charge on any atom is 0.220 e. The fourth-order valence-electron chi connectivity index (χ4n) is 8.18. The number of aliphatic hydroxyl groups excluding tert-OH is 5. The molecule has 0 aromatic carbocycles. The van der Waals surface area contributed by atoms with Crippen molar-refractivity contribution in [2.75, 3.05) is 13.2 Å². The number of carbonyl (C=O) groups excluding carboxylic acids is 1. The molecule has 0 aliphatic carbocycles. The Balaban J connectivity index is 2.06. The topological polar surface area (TPSA) is 149 Å². The first-order chi connectivity index (χ1) is 29.3. The van der Waals surface area contributed by atoms with E-state index in [-0.39, 0.29) is 12.5 Å². The van der Waals surface area contributed by atoms with E-state index in [0.717, 1.165) is 44.9 Å². The van der Waals surface area contributed by atoms with Crippen LogP contribution in [0.15, 0.2) is 24.3 Å². The van der Waals surface area contributed by atoms with Gasteiger partial charge in [0, 0.05) is 6.42 Å². The molecule has 1 aliphatic rings. The summed E-state index contributed by atoms with van der Waals surface area (Å²) >= 11 is 0. The van der Waals surface area contributed by atoms with Gasteiger partial charge in [0.1, 0.15) is 24.4 Å². The van der Waals surface area contributed by atoms with Crippen LogP contribution in [0, 0.1) is 0 Å². The molecule has 1 fully saturated rings. The second-order valence-corrected chi connectivity index (χ2v) is 18.0. The molecule has 1 rings (SSSR count). The van der Waals surface area contributed by atoms with Crippen LogP contribution in [0.3, 0.4) is 0 Å². The summed E-state index contributed by atoms with van der Waals surface area (Å²) in [6.45, 7) is 3.66. The second kappa shape index (κ2) is 41.7. The van der Waals surface area contributed by atoms with Crippen LogP contribution in [0.25, 0.3) is 0 Å². The number of amides is 1. The molecule has 7 unspecified atom stereocenters. The van der Waals surface area contributed by atoms with Crippen molar-refractivity contribution in [1.29, 1.82) is 0 Å². The molecule has 1 amide bonds. The van der Waals surface area contributed by atoms with Crippen molar-refractivity contribution in [3.63, 3.8) is 0 Å². The zero-order chi connectivity index (χ0) is 43.7. The van der Waals surface area contributed by atoms with Gasteiger partial charge in [-0.1, -0.05) is 231 Å². The lowest BCUT2D eigenvalue weighted by atomic mass is 9.99. The van der Waals surface area contributed by atoms with Crippen LogP contribution in [0.1, 0.15) is 239 Å². The lowest BCUT2D eigenvalue weighted by molar-refractivity contribution is -0.302. The Morgan fingerprint density at radius 1 is 0.550 bits per heavy atom. The number of hydrogen-bond acceptors (Lipinski definition) is 8. The molecule has 354 valence electrons. The van der Waals surface area contributed by atoms with E-state index in [9.17, 15) is 30.3 Å². The monoisotopic (exact) mass is 852 g/mol. The fourth-order valence-corrected chi connectivity index (χ4v) is 8.18. The number of ether oxygens (including phenoxy) is 2. The van der Waals surface area contributed by atoms with Gasteiger partial charge in [-0.3, -0.25) is 4.79 Å². The van der Waals surface area contributed by atoms with E-state index in [0.29, 0.717) is 6.42 Å². The molecule has 1 aliphatic heterocycles. The summed E-state index contributed by atoms with van der Waals surface area (Å²) in [6.07, 6.45) is 44.4. The molecule has 60 heavy (non-hydrogen) atoms. The fraction of sp³-hybridized carbons (Fsp3) is 0.902. The molecule has 1 heterocycles.